The Morgan fingerprint density at radius 2 is 1.57 bits per heavy atom. The van der Waals surface area contributed by atoms with Crippen molar-refractivity contribution < 1.29 is 4.74 Å². The van der Waals surface area contributed by atoms with Gasteiger partial charge in [-0.2, -0.15) is 0 Å². The van der Waals surface area contributed by atoms with Crippen LogP contribution in [0.2, 0.25) is 5.02 Å². The second kappa shape index (κ2) is 10.3. The van der Waals surface area contributed by atoms with Crippen molar-refractivity contribution in [2.24, 2.45) is 4.99 Å². The smallest absolute Gasteiger partial charge is 0.191 e. The first kappa shape index (κ1) is 19.6. The van der Waals surface area contributed by atoms with Gasteiger partial charge in [0.05, 0.1) is 7.11 Å². The molecule has 0 radical (unpaired) electrons. The number of methoxy groups -OCH3 is 1. The van der Waals surface area contributed by atoms with Crippen molar-refractivity contribution in [2.75, 3.05) is 14.2 Å². The van der Waals surface area contributed by atoms with Gasteiger partial charge in [0, 0.05) is 30.7 Å². The molecule has 0 saturated heterocycles. The highest BCUT2D eigenvalue weighted by Crippen LogP contribution is 2.17. The predicted octanol–water partition coefficient (Wildman–Crippen LogP) is 3.83. The van der Waals surface area contributed by atoms with Crippen LogP contribution in [-0.4, -0.2) is 20.1 Å². The molecule has 0 heterocycles. The van der Waals surface area contributed by atoms with Crippen LogP contribution in [0.3, 0.4) is 0 Å². The monoisotopic (exact) mass is 445 g/mol. The van der Waals surface area contributed by atoms with Crippen LogP contribution in [0.15, 0.2) is 53.5 Å². The minimum absolute atomic E-state index is 0. The van der Waals surface area contributed by atoms with Crippen molar-refractivity contribution in [3.63, 3.8) is 0 Å². The zero-order valence-corrected chi connectivity index (χ0v) is 16.3. The molecule has 0 atom stereocenters. The van der Waals surface area contributed by atoms with Crippen molar-refractivity contribution in [3.05, 3.63) is 64.7 Å². The van der Waals surface area contributed by atoms with Gasteiger partial charge in [0.2, 0.25) is 0 Å². The summed E-state index contributed by atoms with van der Waals surface area (Å²) < 4.78 is 5.34. The first-order chi connectivity index (χ1) is 10.7. The van der Waals surface area contributed by atoms with Crippen molar-refractivity contribution in [1.29, 1.82) is 0 Å². The van der Waals surface area contributed by atoms with E-state index in [-0.39, 0.29) is 24.0 Å². The van der Waals surface area contributed by atoms with Crippen LogP contribution in [0.25, 0.3) is 0 Å². The Kier molecular flexibility index (Phi) is 8.79. The molecule has 23 heavy (non-hydrogen) atoms. The number of aliphatic imine (C=N–C) groups is 1. The Balaban J connectivity index is 0.00000264. The molecule has 2 rings (SSSR count). The number of hydrogen-bond donors (Lipinski definition) is 2. The molecule has 0 bridgehead atoms. The Hall–Kier alpha value is -1.47. The zero-order chi connectivity index (χ0) is 15.8. The minimum atomic E-state index is 0. The first-order valence-corrected chi connectivity index (χ1v) is 7.42. The van der Waals surface area contributed by atoms with Crippen molar-refractivity contribution in [3.8, 4) is 5.75 Å². The lowest BCUT2D eigenvalue weighted by Crippen LogP contribution is -2.36. The van der Waals surface area contributed by atoms with E-state index in [1.165, 1.54) is 0 Å². The van der Waals surface area contributed by atoms with Gasteiger partial charge >= 0.3 is 0 Å². The van der Waals surface area contributed by atoms with Gasteiger partial charge in [0.25, 0.3) is 0 Å². The number of nitrogens with zero attached hydrogens (tertiary/aromatic N) is 1. The van der Waals surface area contributed by atoms with Crippen molar-refractivity contribution in [1.82, 2.24) is 10.6 Å². The average molecular weight is 446 g/mol. The summed E-state index contributed by atoms with van der Waals surface area (Å²) in [5.74, 6) is 1.57. The molecule has 2 aromatic rings. The molecule has 0 fully saturated rings. The number of ether oxygens (including phenoxy) is 1. The summed E-state index contributed by atoms with van der Waals surface area (Å²) in [5.41, 5.74) is 2.11. The Labute approximate surface area is 159 Å². The maximum Gasteiger partial charge on any atom is 0.191 e. The minimum Gasteiger partial charge on any atom is -0.496 e. The largest absolute Gasteiger partial charge is 0.496 e. The molecule has 0 aliphatic rings. The average Bonchev–Trinajstić information content (AvgIpc) is 2.56. The lowest BCUT2D eigenvalue weighted by molar-refractivity contribution is 0.409. The van der Waals surface area contributed by atoms with Crippen molar-refractivity contribution in [2.45, 2.75) is 13.1 Å². The highest BCUT2D eigenvalue weighted by atomic mass is 127. The SMILES string of the molecule is CN=C(NCc1ccccc1Cl)NCc1ccccc1OC.I. The maximum atomic E-state index is 6.15. The number of benzene rings is 2. The van der Waals surface area contributed by atoms with E-state index >= 15 is 0 Å². The summed E-state index contributed by atoms with van der Waals surface area (Å²) in [7, 11) is 3.41. The number of guanidine groups is 1. The highest BCUT2D eigenvalue weighted by molar-refractivity contribution is 14.0. The van der Waals surface area contributed by atoms with Gasteiger partial charge in [-0.15, -0.1) is 24.0 Å². The summed E-state index contributed by atoms with van der Waals surface area (Å²) in [6, 6.07) is 15.7. The van der Waals surface area contributed by atoms with E-state index in [2.05, 4.69) is 15.6 Å². The zero-order valence-electron chi connectivity index (χ0n) is 13.2. The quantitative estimate of drug-likeness (QED) is 0.418. The maximum absolute atomic E-state index is 6.15. The van der Waals surface area contributed by atoms with Crippen LogP contribution in [0.1, 0.15) is 11.1 Å². The molecule has 0 aliphatic carbocycles. The second-order valence-corrected chi connectivity index (χ2v) is 5.09. The molecule has 6 heteroatoms. The van der Waals surface area contributed by atoms with Crippen LogP contribution in [-0.2, 0) is 13.1 Å². The standard InChI is InChI=1S/C17H20ClN3O.HI/c1-19-17(20-11-13-7-3-5-9-15(13)18)21-12-14-8-4-6-10-16(14)22-2;/h3-10H,11-12H2,1-2H3,(H2,19,20,21);1H. The summed E-state index contributed by atoms with van der Waals surface area (Å²) >= 11 is 6.15. The number of hydrogen-bond acceptors (Lipinski definition) is 2. The molecular formula is C17H21ClIN3O. The summed E-state index contributed by atoms with van der Waals surface area (Å²) in [6.45, 7) is 1.25. The second-order valence-electron chi connectivity index (χ2n) is 4.68. The third kappa shape index (κ3) is 5.91. The Bertz CT molecular complexity index is 649. The fourth-order valence-corrected chi connectivity index (χ4v) is 2.27. The summed E-state index contributed by atoms with van der Waals surface area (Å²) in [4.78, 5) is 4.21. The van der Waals surface area contributed by atoms with Crippen LogP contribution in [0.4, 0.5) is 0 Å². The van der Waals surface area contributed by atoms with Crippen LogP contribution in [0.5, 0.6) is 5.75 Å². The lowest BCUT2D eigenvalue weighted by atomic mass is 10.2. The van der Waals surface area contributed by atoms with Gasteiger partial charge in [-0.05, 0) is 17.7 Å². The van der Waals surface area contributed by atoms with Crippen LogP contribution in [0, 0.1) is 0 Å². The number of para-hydroxylation sites is 1. The molecule has 0 aliphatic heterocycles. The van der Waals surface area contributed by atoms with E-state index in [9.17, 15) is 0 Å². The normalized spacial score (nSPS) is 10.7. The summed E-state index contributed by atoms with van der Waals surface area (Å²) in [6.07, 6.45) is 0. The molecule has 0 saturated carbocycles. The van der Waals surface area contributed by atoms with E-state index in [0.717, 1.165) is 21.9 Å². The van der Waals surface area contributed by atoms with Gasteiger partial charge in [-0.3, -0.25) is 4.99 Å². The third-order valence-electron chi connectivity index (χ3n) is 3.27. The molecule has 0 aromatic heterocycles. The first-order valence-electron chi connectivity index (χ1n) is 7.04. The van der Waals surface area contributed by atoms with Crippen molar-refractivity contribution >= 4 is 41.5 Å². The number of nitrogens with one attached hydrogen (secondary N) is 2. The number of halogens is 2. The molecular weight excluding hydrogens is 425 g/mol. The van der Waals surface area contributed by atoms with E-state index < -0.39 is 0 Å². The molecule has 0 amide bonds. The highest BCUT2D eigenvalue weighted by Gasteiger charge is 2.04. The fraction of sp³-hybridized carbons (Fsp3) is 0.235. The van der Waals surface area contributed by atoms with Gasteiger partial charge in [-0.1, -0.05) is 48.0 Å². The third-order valence-corrected chi connectivity index (χ3v) is 3.64. The lowest BCUT2D eigenvalue weighted by Gasteiger charge is -2.14. The molecule has 4 nitrogen and oxygen atoms in total. The van der Waals surface area contributed by atoms with Crippen LogP contribution >= 0.6 is 35.6 Å². The van der Waals surface area contributed by atoms with Gasteiger partial charge in [-0.25, -0.2) is 0 Å². The summed E-state index contributed by atoms with van der Waals surface area (Å²) in [5, 5.41) is 7.26. The Morgan fingerprint density at radius 3 is 2.17 bits per heavy atom. The predicted molar refractivity (Wildman–Crippen MR) is 107 cm³/mol. The molecule has 0 spiro atoms. The van der Waals surface area contributed by atoms with Gasteiger partial charge in [0.15, 0.2) is 5.96 Å². The number of rotatable bonds is 5. The molecule has 2 aromatic carbocycles. The topological polar surface area (TPSA) is 45.7 Å². The molecule has 124 valence electrons. The van der Waals surface area contributed by atoms with Gasteiger partial charge < -0.3 is 15.4 Å². The van der Waals surface area contributed by atoms with E-state index in [4.69, 9.17) is 16.3 Å². The molecule has 2 N–H and O–H groups in total. The van der Waals surface area contributed by atoms with Crippen LogP contribution < -0.4 is 15.4 Å². The fourth-order valence-electron chi connectivity index (χ4n) is 2.07. The Morgan fingerprint density at radius 1 is 1.00 bits per heavy atom. The van der Waals surface area contributed by atoms with Gasteiger partial charge in [0.1, 0.15) is 5.75 Å². The van der Waals surface area contributed by atoms with E-state index in [1.54, 1.807) is 14.2 Å². The van der Waals surface area contributed by atoms with E-state index in [0.29, 0.717) is 19.0 Å². The van der Waals surface area contributed by atoms with E-state index in [1.807, 2.05) is 48.5 Å². The molecule has 0 unspecified atom stereocenters.